The molecule has 0 aliphatic heterocycles. The Morgan fingerprint density at radius 1 is 1.18 bits per heavy atom. The quantitative estimate of drug-likeness (QED) is 0.847. The van der Waals surface area contributed by atoms with E-state index in [0.717, 1.165) is 6.42 Å². The second kappa shape index (κ2) is 6.81. The van der Waals surface area contributed by atoms with E-state index in [1.807, 2.05) is 13.8 Å². The molecule has 22 heavy (non-hydrogen) atoms. The summed E-state index contributed by atoms with van der Waals surface area (Å²) in [6.07, 6.45) is 0.834. The van der Waals surface area contributed by atoms with Crippen LogP contribution < -0.4 is 10.1 Å². The van der Waals surface area contributed by atoms with Crippen molar-refractivity contribution in [3.63, 3.8) is 0 Å². The van der Waals surface area contributed by atoms with Gasteiger partial charge in [-0.25, -0.2) is 4.79 Å². The fourth-order valence-corrected chi connectivity index (χ4v) is 2.62. The number of amides is 1. The number of nitrogens with one attached hydrogen (secondary N) is 1. The highest BCUT2D eigenvalue weighted by atomic mass is 16.5. The number of carboxylic acids is 1. The standard InChI is InChI=1S/C17H25NO4/c1-16(2,3)11-17(4,5)18-15(21)12-7-6-8-13(9-12)22-10-14(19)20/h6-9H,10-11H2,1-5H3,(H,18,21)(H,19,20). The van der Waals surface area contributed by atoms with E-state index in [-0.39, 0.29) is 16.9 Å². The lowest BCUT2D eigenvalue weighted by Gasteiger charge is -2.33. The summed E-state index contributed by atoms with van der Waals surface area (Å²) >= 11 is 0. The molecule has 0 atom stereocenters. The number of hydrogen-bond acceptors (Lipinski definition) is 3. The molecule has 5 nitrogen and oxygen atoms in total. The van der Waals surface area contributed by atoms with Gasteiger partial charge in [0.1, 0.15) is 5.75 Å². The Balaban J connectivity index is 2.77. The molecule has 0 unspecified atom stereocenters. The zero-order valence-electron chi connectivity index (χ0n) is 13.9. The highest BCUT2D eigenvalue weighted by Crippen LogP contribution is 2.27. The lowest BCUT2D eigenvalue weighted by Crippen LogP contribution is -2.45. The van der Waals surface area contributed by atoms with Crippen LogP contribution in [0.1, 0.15) is 51.4 Å². The minimum atomic E-state index is -1.05. The van der Waals surface area contributed by atoms with E-state index in [1.54, 1.807) is 24.3 Å². The highest BCUT2D eigenvalue weighted by Gasteiger charge is 2.27. The summed E-state index contributed by atoms with van der Waals surface area (Å²) in [5, 5.41) is 11.6. The lowest BCUT2D eigenvalue weighted by molar-refractivity contribution is -0.139. The second-order valence-electron chi connectivity index (χ2n) is 7.29. The van der Waals surface area contributed by atoms with E-state index < -0.39 is 12.6 Å². The highest BCUT2D eigenvalue weighted by molar-refractivity contribution is 5.95. The molecule has 2 N–H and O–H groups in total. The predicted molar refractivity (Wildman–Crippen MR) is 85.2 cm³/mol. The number of hydrogen-bond donors (Lipinski definition) is 2. The number of carboxylic acid groups (broad SMARTS) is 1. The molecular formula is C17H25NO4. The van der Waals surface area contributed by atoms with Crippen molar-refractivity contribution < 1.29 is 19.4 Å². The summed E-state index contributed by atoms with van der Waals surface area (Å²) in [4.78, 5) is 22.9. The first-order valence-corrected chi connectivity index (χ1v) is 7.26. The Morgan fingerprint density at radius 2 is 1.82 bits per heavy atom. The molecule has 0 heterocycles. The van der Waals surface area contributed by atoms with E-state index in [9.17, 15) is 9.59 Å². The molecule has 0 fully saturated rings. The minimum absolute atomic E-state index is 0.100. The van der Waals surface area contributed by atoms with Crippen molar-refractivity contribution in [1.82, 2.24) is 5.32 Å². The number of benzene rings is 1. The Hall–Kier alpha value is -2.04. The van der Waals surface area contributed by atoms with Gasteiger partial charge in [-0.2, -0.15) is 0 Å². The van der Waals surface area contributed by atoms with Crippen molar-refractivity contribution >= 4 is 11.9 Å². The Bertz CT molecular complexity index is 544. The molecule has 0 spiro atoms. The van der Waals surface area contributed by atoms with Crippen molar-refractivity contribution in [3.05, 3.63) is 29.8 Å². The first kappa shape index (κ1) is 18.0. The molecule has 0 aromatic heterocycles. The molecule has 0 saturated heterocycles. The predicted octanol–water partition coefficient (Wildman–Crippen LogP) is 3.09. The molecule has 0 aliphatic rings. The van der Waals surface area contributed by atoms with Gasteiger partial charge in [0.15, 0.2) is 6.61 Å². The van der Waals surface area contributed by atoms with E-state index in [4.69, 9.17) is 9.84 Å². The van der Waals surface area contributed by atoms with Crippen LogP contribution in [0.4, 0.5) is 0 Å². The van der Waals surface area contributed by atoms with Crippen molar-refractivity contribution in [2.45, 2.75) is 46.6 Å². The molecule has 0 radical (unpaired) electrons. The maximum Gasteiger partial charge on any atom is 0.341 e. The molecule has 1 aromatic rings. The average Bonchev–Trinajstić information content (AvgIpc) is 2.33. The van der Waals surface area contributed by atoms with Gasteiger partial charge in [-0.1, -0.05) is 26.8 Å². The normalized spacial score (nSPS) is 11.9. The van der Waals surface area contributed by atoms with Crippen molar-refractivity contribution in [2.75, 3.05) is 6.61 Å². The fourth-order valence-electron chi connectivity index (χ4n) is 2.62. The van der Waals surface area contributed by atoms with Gasteiger partial charge in [0.05, 0.1) is 0 Å². The van der Waals surface area contributed by atoms with Crippen molar-refractivity contribution in [2.24, 2.45) is 5.41 Å². The molecule has 1 rings (SSSR count). The van der Waals surface area contributed by atoms with Crippen LogP contribution in [0.15, 0.2) is 24.3 Å². The topological polar surface area (TPSA) is 75.6 Å². The van der Waals surface area contributed by atoms with Gasteiger partial charge in [-0.15, -0.1) is 0 Å². The third-order valence-corrected chi connectivity index (χ3v) is 2.88. The van der Waals surface area contributed by atoms with Crippen LogP contribution in [-0.2, 0) is 4.79 Å². The molecule has 122 valence electrons. The molecule has 0 aliphatic carbocycles. The van der Waals surface area contributed by atoms with Gasteiger partial charge in [0.2, 0.25) is 0 Å². The van der Waals surface area contributed by atoms with Gasteiger partial charge in [-0.05, 0) is 43.9 Å². The second-order valence-corrected chi connectivity index (χ2v) is 7.29. The van der Waals surface area contributed by atoms with E-state index >= 15 is 0 Å². The summed E-state index contributed by atoms with van der Waals surface area (Å²) in [6, 6.07) is 6.52. The van der Waals surface area contributed by atoms with Crippen LogP contribution in [0.2, 0.25) is 0 Å². The summed E-state index contributed by atoms with van der Waals surface area (Å²) in [5.41, 5.74) is 0.209. The zero-order chi connectivity index (χ0) is 17.0. The largest absolute Gasteiger partial charge is 0.482 e. The summed E-state index contributed by atoms with van der Waals surface area (Å²) in [5.74, 6) is -0.889. The molecule has 5 heteroatoms. The van der Waals surface area contributed by atoms with Crippen LogP contribution in [0.3, 0.4) is 0 Å². The molecule has 0 saturated carbocycles. The minimum Gasteiger partial charge on any atom is -0.482 e. The molecular weight excluding hydrogens is 282 g/mol. The average molecular weight is 307 g/mol. The summed E-state index contributed by atoms with van der Waals surface area (Å²) in [6.45, 7) is 9.92. The van der Waals surface area contributed by atoms with E-state index in [0.29, 0.717) is 11.3 Å². The smallest absolute Gasteiger partial charge is 0.341 e. The van der Waals surface area contributed by atoms with Gasteiger partial charge in [0.25, 0.3) is 5.91 Å². The van der Waals surface area contributed by atoms with Gasteiger partial charge >= 0.3 is 5.97 Å². The SMILES string of the molecule is CC(C)(C)CC(C)(C)NC(=O)c1cccc(OCC(=O)O)c1. The Kier molecular flexibility index (Phi) is 5.58. The molecule has 0 bridgehead atoms. The number of carbonyl (C=O) groups excluding carboxylic acids is 1. The monoisotopic (exact) mass is 307 g/mol. The number of ether oxygens (including phenoxy) is 1. The fraction of sp³-hybridized carbons (Fsp3) is 0.529. The third kappa shape index (κ3) is 6.61. The van der Waals surface area contributed by atoms with Crippen molar-refractivity contribution in [3.8, 4) is 5.75 Å². The molecule has 1 aromatic carbocycles. The Morgan fingerprint density at radius 3 is 2.36 bits per heavy atom. The third-order valence-electron chi connectivity index (χ3n) is 2.88. The van der Waals surface area contributed by atoms with Crippen LogP contribution in [0.5, 0.6) is 5.75 Å². The van der Waals surface area contributed by atoms with Gasteiger partial charge < -0.3 is 15.2 Å². The van der Waals surface area contributed by atoms with Crippen LogP contribution in [0.25, 0.3) is 0 Å². The number of carbonyl (C=O) groups is 2. The molecule has 1 amide bonds. The first-order chi connectivity index (χ1) is 9.98. The number of aliphatic carboxylic acids is 1. The maximum absolute atomic E-state index is 12.4. The van der Waals surface area contributed by atoms with Crippen molar-refractivity contribution in [1.29, 1.82) is 0 Å². The zero-order valence-corrected chi connectivity index (χ0v) is 13.9. The maximum atomic E-state index is 12.4. The summed E-state index contributed by atoms with van der Waals surface area (Å²) in [7, 11) is 0. The van der Waals surface area contributed by atoms with Crippen LogP contribution in [-0.4, -0.2) is 29.1 Å². The number of rotatable bonds is 6. The summed E-state index contributed by atoms with van der Waals surface area (Å²) < 4.78 is 5.09. The van der Waals surface area contributed by atoms with E-state index in [1.165, 1.54) is 0 Å². The van der Waals surface area contributed by atoms with E-state index in [2.05, 4.69) is 26.1 Å². The van der Waals surface area contributed by atoms with Crippen LogP contribution >= 0.6 is 0 Å². The van der Waals surface area contributed by atoms with Gasteiger partial charge in [-0.3, -0.25) is 4.79 Å². The lowest BCUT2D eigenvalue weighted by atomic mass is 9.81. The van der Waals surface area contributed by atoms with Crippen LogP contribution in [0, 0.1) is 5.41 Å². The van der Waals surface area contributed by atoms with Gasteiger partial charge in [0, 0.05) is 11.1 Å². The Labute approximate surface area is 131 Å². The first-order valence-electron chi connectivity index (χ1n) is 7.26.